The van der Waals surface area contributed by atoms with E-state index < -0.39 is 0 Å². The Morgan fingerprint density at radius 3 is 2.76 bits per heavy atom. The summed E-state index contributed by atoms with van der Waals surface area (Å²) < 4.78 is 7.01. The van der Waals surface area contributed by atoms with Gasteiger partial charge in [-0.3, -0.25) is 4.79 Å². The Morgan fingerprint density at radius 2 is 2.00 bits per heavy atom. The molecule has 3 aromatic rings. The number of rotatable bonds is 2. The number of aromatic amines is 1. The zero-order valence-corrected chi connectivity index (χ0v) is 12.7. The van der Waals surface area contributed by atoms with E-state index in [4.69, 9.17) is 28.6 Å². The van der Waals surface area contributed by atoms with E-state index in [2.05, 4.69) is 4.98 Å². The Hall–Kier alpha value is -2.11. The number of methoxy groups -OCH3 is 1. The zero-order chi connectivity index (χ0) is 15.0. The summed E-state index contributed by atoms with van der Waals surface area (Å²) in [5, 5.41) is 1.06. The highest BCUT2D eigenvalue weighted by molar-refractivity contribution is 7.71. The number of fused-ring (bicyclic) bond motifs is 1. The second kappa shape index (κ2) is 5.35. The summed E-state index contributed by atoms with van der Waals surface area (Å²) in [5.74, 6) is 0.576. The quantitative estimate of drug-likeness (QED) is 0.733. The van der Waals surface area contributed by atoms with Gasteiger partial charge in [0, 0.05) is 5.02 Å². The third-order valence-corrected chi connectivity index (χ3v) is 3.71. The fourth-order valence-electron chi connectivity index (χ4n) is 2.22. The van der Waals surface area contributed by atoms with Gasteiger partial charge in [-0.05, 0) is 42.5 Å². The van der Waals surface area contributed by atoms with Crippen molar-refractivity contribution < 1.29 is 4.74 Å². The van der Waals surface area contributed by atoms with E-state index in [9.17, 15) is 4.79 Å². The van der Waals surface area contributed by atoms with Crippen molar-refractivity contribution in [1.82, 2.24) is 9.55 Å². The van der Waals surface area contributed by atoms with Crippen LogP contribution in [0.2, 0.25) is 5.02 Å². The first-order valence-electron chi connectivity index (χ1n) is 6.20. The lowest BCUT2D eigenvalue weighted by atomic mass is 10.2. The zero-order valence-electron chi connectivity index (χ0n) is 11.1. The van der Waals surface area contributed by atoms with Crippen molar-refractivity contribution in [2.45, 2.75) is 0 Å². The maximum absolute atomic E-state index is 12.7. The average molecular weight is 319 g/mol. The number of hydrogen-bond donors (Lipinski definition) is 1. The fourth-order valence-corrected chi connectivity index (χ4v) is 2.69. The molecule has 0 fully saturated rings. The summed E-state index contributed by atoms with van der Waals surface area (Å²) in [6, 6.07) is 12.3. The first-order valence-corrected chi connectivity index (χ1v) is 6.98. The molecule has 0 aliphatic heterocycles. The number of nitrogens with one attached hydrogen (secondary N) is 1. The van der Waals surface area contributed by atoms with Crippen LogP contribution in [-0.4, -0.2) is 16.7 Å². The van der Waals surface area contributed by atoms with Gasteiger partial charge in [0.05, 0.1) is 23.7 Å². The topological polar surface area (TPSA) is 47.0 Å². The molecule has 1 aromatic heterocycles. The normalized spacial score (nSPS) is 10.8. The first kappa shape index (κ1) is 13.9. The Kier molecular flexibility index (Phi) is 3.53. The smallest absolute Gasteiger partial charge is 0.266 e. The highest BCUT2D eigenvalue weighted by Crippen LogP contribution is 2.22. The molecule has 3 rings (SSSR count). The van der Waals surface area contributed by atoms with E-state index in [1.165, 1.54) is 4.57 Å². The number of halogens is 1. The van der Waals surface area contributed by atoms with Crippen molar-refractivity contribution in [3.63, 3.8) is 0 Å². The molecule has 1 N–H and O–H groups in total. The number of benzene rings is 2. The molecule has 0 aliphatic rings. The van der Waals surface area contributed by atoms with Crippen LogP contribution in [0.3, 0.4) is 0 Å². The van der Waals surface area contributed by atoms with Crippen LogP contribution in [0.25, 0.3) is 16.6 Å². The molecule has 0 spiro atoms. The van der Waals surface area contributed by atoms with Crippen molar-refractivity contribution in [3.8, 4) is 11.4 Å². The largest absolute Gasteiger partial charge is 0.495 e. The van der Waals surface area contributed by atoms with Crippen LogP contribution < -0.4 is 10.3 Å². The highest BCUT2D eigenvalue weighted by Gasteiger charge is 2.11. The van der Waals surface area contributed by atoms with Gasteiger partial charge < -0.3 is 9.72 Å². The van der Waals surface area contributed by atoms with Crippen LogP contribution in [0.1, 0.15) is 0 Å². The SMILES string of the molecule is COc1ccccc1-n1c(=S)[nH]c2cc(Cl)ccc2c1=O. The summed E-state index contributed by atoms with van der Waals surface area (Å²) in [6.07, 6.45) is 0. The van der Waals surface area contributed by atoms with Crippen LogP contribution in [0.4, 0.5) is 0 Å². The molecule has 0 atom stereocenters. The van der Waals surface area contributed by atoms with E-state index in [0.717, 1.165) is 0 Å². The van der Waals surface area contributed by atoms with E-state index in [-0.39, 0.29) is 5.56 Å². The molecule has 0 amide bonds. The molecule has 0 aliphatic carbocycles. The summed E-state index contributed by atoms with van der Waals surface area (Å²) in [4.78, 5) is 15.7. The van der Waals surface area contributed by atoms with E-state index in [1.54, 1.807) is 37.4 Å². The van der Waals surface area contributed by atoms with Gasteiger partial charge in [0.1, 0.15) is 5.75 Å². The molecule has 6 heteroatoms. The van der Waals surface area contributed by atoms with Crippen molar-refractivity contribution in [2.24, 2.45) is 0 Å². The molecular formula is C15H11ClN2O2S. The van der Waals surface area contributed by atoms with E-state index in [1.807, 2.05) is 12.1 Å². The third-order valence-electron chi connectivity index (χ3n) is 3.19. The standard InChI is InChI=1S/C15H11ClN2O2S/c1-20-13-5-3-2-4-12(13)18-14(19)10-7-6-9(16)8-11(10)17-15(18)21/h2-8H,1H3,(H,17,21). The minimum atomic E-state index is -0.213. The van der Waals surface area contributed by atoms with Crippen LogP contribution in [0, 0.1) is 4.77 Å². The van der Waals surface area contributed by atoms with Gasteiger partial charge >= 0.3 is 0 Å². The van der Waals surface area contributed by atoms with Crippen molar-refractivity contribution >= 4 is 34.7 Å². The van der Waals surface area contributed by atoms with Gasteiger partial charge in [-0.15, -0.1) is 0 Å². The van der Waals surface area contributed by atoms with Gasteiger partial charge in [0.25, 0.3) is 5.56 Å². The maximum atomic E-state index is 12.7. The minimum absolute atomic E-state index is 0.213. The second-order valence-electron chi connectivity index (χ2n) is 4.43. The Morgan fingerprint density at radius 1 is 1.24 bits per heavy atom. The molecule has 0 radical (unpaired) electrons. The van der Waals surface area contributed by atoms with Crippen molar-refractivity contribution in [2.75, 3.05) is 7.11 Å². The number of ether oxygens (including phenoxy) is 1. The Bertz CT molecular complexity index is 946. The molecule has 4 nitrogen and oxygen atoms in total. The van der Waals surface area contributed by atoms with Crippen molar-refractivity contribution in [3.05, 3.63) is 62.6 Å². The lowest BCUT2D eigenvalue weighted by Gasteiger charge is -2.11. The summed E-state index contributed by atoms with van der Waals surface area (Å²) in [6.45, 7) is 0. The Balaban J connectivity index is 2.41. The van der Waals surface area contributed by atoms with Gasteiger partial charge in [0.15, 0.2) is 4.77 Å². The third kappa shape index (κ3) is 2.34. The monoisotopic (exact) mass is 318 g/mol. The van der Waals surface area contributed by atoms with Crippen LogP contribution in [0.5, 0.6) is 5.75 Å². The predicted molar refractivity (Wildman–Crippen MR) is 86.3 cm³/mol. The average Bonchev–Trinajstić information content (AvgIpc) is 2.47. The number of hydrogen-bond acceptors (Lipinski definition) is 3. The van der Waals surface area contributed by atoms with Gasteiger partial charge in [0.2, 0.25) is 0 Å². The Labute approximate surface area is 130 Å². The molecule has 0 saturated carbocycles. The van der Waals surface area contributed by atoms with Gasteiger partial charge in [-0.25, -0.2) is 4.57 Å². The van der Waals surface area contributed by atoms with E-state index in [0.29, 0.717) is 32.1 Å². The molecule has 0 unspecified atom stereocenters. The van der Waals surface area contributed by atoms with Gasteiger partial charge in [-0.2, -0.15) is 0 Å². The second-order valence-corrected chi connectivity index (χ2v) is 5.26. The van der Waals surface area contributed by atoms with E-state index >= 15 is 0 Å². The fraction of sp³-hybridized carbons (Fsp3) is 0.0667. The minimum Gasteiger partial charge on any atom is -0.495 e. The number of nitrogens with zero attached hydrogens (tertiary/aromatic N) is 1. The molecule has 0 bridgehead atoms. The lowest BCUT2D eigenvalue weighted by Crippen LogP contribution is -2.21. The number of H-pyrrole nitrogens is 1. The number of para-hydroxylation sites is 2. The molecular weight excluding hydrogens is 308 g/mol. The number of aromatic nitrogens is 2. The first-order chi connectivity index (χ1) is 10.1. The maximum Gasteiger partial charge on any atom is 0.266 e. The molecule has 1 heterocycles. The highest BCUT2D eigenvalue weighted by atomic mass is 35.5. The van der Waals surface area contributed by atoms with Gasteiger partial charge in [-0.1, -0.05) is 23.7 Å². The van der Waals surface area contributed by atoms with Crippen LogP contribution in [-0.2, 0) is 0 Å². The van der Waals surface area contributed by atoms with Crippen LogP contribution in [0.15, 0.2) is 47.3 Å². The van der Waals surface area contributed by atoms with Crippen molar-refractivity contribution in [1.29, 1.82) is 0 Å². The summed E-state index contributed by atoms with van der Waals surface area (Å²) in [7, 11) is 1.55. The molecule has 106 valence electrons. The van der Waals surface area contributed by atoms with Crippen LogP contribution >= 0.6 is 23.8 Å². The molecule has 2 aromatic carbocycles. The molecule has 0 saturated heterocycles. The molecule has 21 heavy (non-hydrogen) atoms. The predicted octanol–water partition coefficient (Wildman–Crippen LogP) is 3.71. The summed E-state index contributed by atoms with van der Waals surface area (Å²) >= 11 is 11.3. The lowest BCUT2D eigenvalue weighted by molar-refractivity contribution is 0.412. The summed E-state index contributed by atoms with van der Waals surface area (Å²) in [5.41, 5.74) is 1.00.